The highest BCUT2D eigenvalue weighted by Gasteiger charge is 2.26. The molecule has 8 heteroatoms. The van der Waals surface area contributed by atoms with Crippen LogP contribution in [-0.2, 0) is 16.1 Å². The normalized spacial score (nSPS) is 22.4. The number of carbonyl (C=O) groups is 2. The number of piperidine rings is 1. The van der Waals surface area contributed by atoms with Gasteiger partial charge in [-0.15, -0.1) is 11.3 Å². The fraction of sp³-hybridized carbons (Fsp3) is 0.722. The first-order valence-electron chi connectivity index (χ1n) is 9.47. The first kappa shape index (κ1) is 19.3. The number of thiazole rings is 1. The number of rotatable bonds is 5. The molecule has 144 valence electrons. The molecule has 2 aliphatic rings. The minimum Gasteiger partial charge on any atom is -0.339 e. The standard InChI is InChI=1S/C18H29N5O2S/c1-14-5-3-4-6-23(14)17(25)12-22-9-7-21(8-10-22)11-16-13-26-18(20-16)19-15(2)24/h13-14H,3-12H2,1-2H3,(H,19,20,24). The van der Waals surface area contributed by atoms with Crippen molar-refractivity contribution in [3.05, 3.63) is 11.1 Å². The molecule has 2 fully saturated rings. The third kappa shape index (κ3) is 5.25. The van der Waals surface area contributed by atoms with Crippen LogP contribution in [0.5, 0.6) is 0 Å². The van der Waals surface area contributed by atoms with Gasteiger partial charge in [-0.2, -0.15) is 0 Å². The summed E-state index contributed by atoms with van der Waals surface area (Å²) in [7, 11) is 0. The van der Waals surface area contributed by atoms with Crippen molar-refractivity contribution >= 4 is 28.3 Å². The number of nitrogens with one attached hydrogen (secondary N) is 1. The van der Waals surface area contributed by atoms with Gasteiger partial charge in [0.05, 0.1) is 12.2 Å². The number of hydrogen-bond donors (Lipinski definition) is 1. The Kier molecular flexibility index (Phi) is 6.61. The van der Waals surface area contributed by atoms with Gasteiger partial charge in [0.1, 0.15) is 0 Å². The van der Waals surface area contributed by atoms with E-state index in [1.807, 2.05) is 5.38 Å². The van der Waals surface area contributed by atoms with E-state index in [-0.39, 0.29) is 11.8 Å². The molecule has 1 aromatic heterocycles. The lowest BCUT2D eigenvalue weighted by Gasteiger charge is -2.37. The van der Waals surface area contributed by atoms with Crippen LogP contribution in [0.2, 0.25) is 0 Å². The highest BCUT2D eigenvalue weighted by molar-refractivity contribution is 7.13. The molecule has 0 aliphatic carbocycles. The molecule has 3 heterocycles. The van der Waals surface area contributed by atoms with E-state index in [9.17, 15) is 9.59 Å². The zero-order chi connectivity index (χ0) is 18.5. The Morgan fingerprint density at radius 1 is 1.19 bits per heavy atom. The number of amides is 2. The number of carbonyl (C=O) groups excluding carboxylic acids is 2. The maximum atomic E-state index is 12.6. The zero-order valence-corrected chi connectivity index (χ0v) is 16.6. The molecule has 1 unspecified atom stereocenters. The van der Waals surface area contributed by atoms with Crippen molar-refractivity contribution in [3.8, 4) is 0 Å². The average molecular weight is 380 g/mol. The van der Waals surface area contributed by atoms with Crippen molar-refractivity contribution in [2.45, 2.75) is 45.7 Å². The van der Waals surface area contributed by atoms with Crippen LogP contribution in [0, 0.1) is 0 Å². The van der Waals surface area contributed by atoms with E-state index in [0.29, 0.717) is 17.7 Å². The van der Waals surface area contributed by atoms with Crippen molar-refractivity contribution in [3.63, 3.8) is 0 Å². The topological polar surface area (TPSA) is 68.8 Å². The van der Waals surface area contributed by atoms with E-state index in [0.717, 1.165) is 57.8 Å². The summed E-state index contributed by atoms with van der Waals surface area (Å²) in [6.45, 7) is 9.62. The molecular formula is C18H29N5O2S. The zero-order valence-electron chi connectivity index (χ0n) is 15.7. The van der Waals surface area contributed by atoms with Crippen LogP contribution in [0.1, 0.15) is 38.8 Å². The Balaban J connectivity index is 1.42. The van der Waals surface area contributed by atoms with Crippen LogP contribution in [0.4, 0.5) is 5.13 Å². The minimum absolute atomic E-state index is 0.0906. The Morgan fingerprint density at radius 2 is 1.92 bits per heavy atom. The van der Waals surface area contributed by atoms with E-state index in [1.54, 1.807) is 0 Å². The maximum absolute atomic E-state index is 12.6. The van der Waals surface area contributed by atoms with Crippen LogP contribution < -0.4 is 5.32 Å². The number of likely N-dealkylation sites (tertiary alicyclic amines) is 1. The van der Waals surface area contributed by atoms with Crippen molar-refractivity contribution < 1.29 is 9.59 Å². The highest BCUT2D eigenvalue weighted by Crippen LogP contribution is 2.19. The summed E-state index contributed by atoms with van der Waals surface area (Å²) in [6.07, 6.45) is 3.51. The van der Waals surface area contributed by atoms with Crippen LogP contribution in [-0.4, -0.2) is 76.8 Å². The summed E-state index contributed by atoms with van der Waals surface area (Å²) in [6, 6.07) is 0.389. The Morgan fingerprint density at radius 3 is 2.62 bits per heavy atom. The van der Waals surface area contributed by atoms with Gasteiger partial charge in [0.15, 0.2) is 5.13 Å². The van der Waals surface area contributed by atoms with Crippen LogP contribution in [0.15, 0.2) is 5.38 Å². The Bertz CT molecular complexity index is 627. The quantitative estimate of drug-likeness (QED) is 0.842. The smallest absolute Gasteiger partial charge is 0.236 e. The fourth-order valence-corrected chi connectivity index (χ4v) is 4.42. The van der Waals surface area contributed by atoms with Gasteiger partial charge in [0.25, 0.3) is 0 Å². The molecule has 1 atom stereocenters. The minimum atomic E-state index is -0.0906. The third-order valence-electron chi connectivity index (χ3n) is 5.17. The van der Waals surface area contributed by atoms with Gasteiger partial charge in [0.2, 0.25) is 11.8 Å². The average Bonchev–Trinajstić information content (AvgIpc) is 3.03. The molecule has 3 rings (SSSR count). The van der Waals surface area contributed by atoms with Gasteiger partial charge < -0.3 is 10.2 Å². The predicted molar refractivity (Wildman–Crippen MR) is 103 cm³/mol. The van der Waals surface area contributed by atoms with Crippen molar-refractivity contribution in [1.29, 1.82) is 0 Å². The lowest BCUT2D eigenvalue weighted by Crippen LogP contribution is -2.51. The van der Waals surface area contributed by atoms with Gasteiger partial charge in [-0.1, -0.05) is 0 Å². The summed E-state index contributed by atoms with van der Waals surface area (Å²) in [5.74, 6) is 0.192. The summed E-state index contributed by atoms with van der Waals surface area (Å²) >= 11 is 1.46. The summed E-state index contributed by atoms with van der Waals surface area (Å²) in [4.78, 5) is 34.8. The molecule has 26 heavy (non-hydrogen) atoms. The van der Waals surface area contributed by atoms with Crippen LogP contribution in [0.25, 0.3) is 0 Å². The molecule has 0 saturated carbocycles. The summed E-state index contributed by atoms with van der Waals surface area (Å²) < 4.78 is 0. The molecule has 1 N–H and O–H groups in total. The van der Waals surface area contributed by atoms with Gasteiger partial charge in [-0.25, -0.2) is 4.98 Å². The third-order valence-corrected chi connectivity index (χ3v) is 5.97. The van der Waals surface area contributed by atoms with Crippen molar-refractivity contribution in [2.24, 2.45) is 0 Å². The molecule has 0 spiro atoms. The number of anilines is 1. The largest absolute Gasteiger partial charge is 0.339 e. The molecular weight excluding hydrogens is 350 g/mol. The second-order valence-corrected chi connectivity index (χ2v) is 8.17. The fourth-order valence-electron chi connectivity index (χ4n) is 3.67. The number of nitrogens with zero attached hydrogens (tertiary/aromatic N) is 4. The summed E-state index contributed by atoms with van der Waals surface area (Å²) in [5.41, 5.74) is 0.991. The Labute approximate surface area is 159 Å². The van der Waals surface area contributed by atoms with Crippen molar-refractivity contribution in [1.82, 2.24) is 19.7 Å². The molecule has 2 aliphatic heterocycles. The first-order chi connectivity index (χ1) is 12.5. The maximum Gasteiger partial charge on any atom is 0.236 e. The lowest BCUT2D eigenvalue weighted by atomic mass is 10.0. The molecule has 2 amide bonds. The molecule has 1 aromatic rings. The van der Waals surface area contributed by atoms with E-state index in [4.69, 9.17) is 0 Å². The van der Waals surface area contributed by atoms with E-state index in [1.165, 1.54) is 24.7 Å². The predicted octanol–water partition coefficient (Wildman–Crippen LogP) is 1.62. The van der Waals surface area contributed by atoms with E-state index in [2.05, 4.69) is 31.9 Å². The number of aromatic nitrogens is 1. The van der Waals surface area contributed by atoms with Gasteiger partial charge in [-0.3, -0.25) is 19.4 Å². The van der Waals surface area contributed by atoms with Gasteiger partial charge in [-0.05, 0) is 26.2 Å². The number of hydrogen-bond acceptors (Lipinski definition) is 6. The van der Waals surface area contributed by atoms with Crippen LogP contribution in [0.3, 0.4) is 0 Å². The monoisotopic (exact) mass is 379 g/mol. The van der Waals surface area contributed by atoms with Crippen LogP contribution >= 0.6 is 11.3 Å². The van der Waals surface area contributed by atoms with E-state index >= 15 is 0 Å². The molecule has 0 aromatic carbocycles. The first-order valence-corrected chi connectivity index (χ1v) is 10.4. The molecule has 0 radical (unpaired) electrons. The Hall–Kier alpha value is -1.51. The second-order valence-electron chi connectivity index (χ2n) is 7.31. The van der Waals surface area contributed by atoms with Gasteiger partial charge in [0, 0.05) is 57.6 Å². The van der Waals surface area contributed by atoms with Crippen molar-refractivity contribution in [2.75, 3.05) is 44.6 Å². The summed E-state index contributed by atoms with van der Waals surface area (Å²) in [5, 5.41) is 5.38. The SMILES string of the molecule is CC(=O)Nc1nc(CN2CCN(CC(=O)N3CCCCC3C)CC2)cs1. The lowest BCUT2D eigenvalue weighted by molar-refractivity contribution is -0.136. The highest BCUT2D eigenvalue weighted by atomic mass is 32.1. The molecule has 2 saturated heterocycles. The molecule has 0 bridgehead atoms. The molecule has 7 nitrogen and oxygen atoms in total. The van der Waals surface area contributed by atoms with E-state index < -0.39 is 0 Å². The second kappa shape index (κ2) is 8.92. The number of piperazine rings is 1. The van der Waals surface area contributed by atoms with Gasteiger partial charge >= 0.3 is 0 Å².